The van der Waals surface area contributed by atoms with Crippen molar-refractivity contribution in [3.05, 3.63) is 123 Å². The molecular formula is C30H27NO4. The van der Waals surface area contributed by atoms with Crippen LogP contribution in [-0.2, 0) is 6.54 Å². The van der Waals surface area contributed by atoms with Crippen LogP contribution in [0.5, 0.6) is 5.75 Å². The first kappa shape index (κ1) is 22.7. The zero-order valence-electron chi connectivity index (χ0n) is 20.1. The highest BCUT2D eigenvalue weighted by molar-refractivity contribution is 5.99. The minimum absolute atomic E-state index is 0.115. The fraction of sp³-hybridized carbons (Fsp3) is 0.200. The number of benzene rings is 3. The summed E-state index contributed by atoms with van der Waals surface area (Å²) in [5.74, 6) is 0.474. The van der Waals surface area contributed by atoms with E-state index in [-0.39, 0.29) is 17.1 Å². The third-order valence-corrected chi connectivity index (χ3v) is 6.41. The van der Waals surface area contributed by atoms with Crippen LogP contribution in [0.3, 0.4) is 0 Å². The van der Waals surface area contributed by atoms with Crippen LogP contribution in [0.15, 0.2) is 82.5 Å². The molecular weight excluding hydrogens is 438 g/mol. The van der Waals surface area contributed by atoms with Gasteiger partial charge in [-0.15, -0.1) is 0 Å². The van der Waals surface area contributed by atoms with Crippen LogP contribution in [0.25, 0.3) is 11.0 Å². The molecule has 0 aliphatic carbocycles. The van der Waals surface area contributed by atoms with Crippen LogP contribution in [0, 0.1) is 20.8 Å². The van der Waals surface area contributed by atoms with Crippen molar-refractivity contribution in [2.75, 3.05) is 6.61 Å². The zero-order valence-corrected chi connectivity index (χ0v) is 20.1. The largest absolute Gasteiger partial charge is 0.490 e. The van der Waals surface area contributed by atoms with Crippen LogP contribution in [0.2, 0.25) is 0 Å². The van der Waals surface area contributed by atoms with Gasteiger partial charge in [0.05, 0.1) is 17.0 Å². The SMILES string of the molecule is C=CCOc1cccc(C2c3c(oc4c(C)cc(C)cc4c3=O)C(=O)N2Cc2ccc(C)cc2)c1. The Hall–Kier alpha value is -4.12. The molecule has 0 saturated heterocycles. The molecule has 1 aromatic heterocycles. The molecule has 1 amide bonds. The molecule has 1 aliphatic heterocycles. The first-order chi connectivity index (χ1) is 16.9. The number of ether oxygens (including phenoxy) is 1. The van der Waals surface area contributed by atoms with E-state index < -0.39 is 6.04 Å². The quantitative estimate of drug-likeness (QED) is 0.326. The Kier molecular flexibility index (Phi) is 5.77. The molecule has 1 unspecified atom stereocenters. The summed E-state index contributed by atoms with van der Waals surface area (Å²) in [6.07, 6.45) is 1.68. The van der Waals surface area contributed by atoms with E-state index in [0.717, 1.165) is 27.8 Å². The normalized spacial score (nSPS) is 14.9. The summed E-state index contributed by atoms with van der Waals surface area (Å²) in [4.78, 5) is 29.3. The fourth-order valence-corrected chi connectivity index (χ4v) is 4.80. The first-order valence-corrected chi connectivity index (χ1v) is 11.7. The van der Waals surface area contributed by atoms with Crippen molar-refractivity contribution in [1.82, 2.24) is 4.90 Å². The molecule has 0 N–H and O–H groups in total. The standard InChI is InChI=1S/C30H27NO4/c1-5-13-34-23-8-6-7-22(16-23)26-25-27(32)24-15-19(3)14-20(4)28(24)35-29(25)30(33)31(26)17-21-11-9-18(2)10-12-21/h5-12,14-16,26H,1,13,17H2,2-4H3. The Morgan fingerprint density at radius 3 is 2.51 bits per heavy atom. The number of carbonyl (C=O) groups is 1. The molecule has 5 nitrogen and oxygen atoms in total. The number of nitrogens with zero attached hydrogens (tertiary/aromatic N) is 1. The predicted octanol–water partition coefficient (Wildman–Crippen LogP) is 6.03. The lowest BCUT2D eigenvalue weighted by Crippen LogP contribution is -2.29. The Bertz CT molecular complexity index is 1510. The van der Waals surface area contributed by atoms with Crippen LogP contribution >= 0.6 is 0 Å². The lowest BCUT2D eigenvalue weighted by atomic mass is 9.97. The lowest BCUT2D eigenvalue weighted by Gasteiger charge is -2.25. The summed E-state index contributed by atoms with van der Waals surface area (Å²) >= 11 is 0. The summed E-state index contributed by atoms with van der Waals surface area (Å²) < 4.78 is 11.9. The smallest absolute Gasteiger partial charge is 0.291 e. The summed E-state index contributed by atoms with van der Waals surface area (Å²) in [5.41, 5.74) is 5.39. The molecule has 5 heteroatoms. The summed E-state index contributed by atoms with van der Waals surface area (Å²) in [6.45, 7) is 10.3. The van der Waals surface area contributed by atoms with Gasteiger partial charge >= 0.3 is 0 Å². The Morgan fingerprint density at radius 2 is 1.77 bits per heavy atom. The third kappa shape index (κ3) is 4.03. The molecule has 35 heavy (non-hydrogen) atoms. The predicted molar refractivity (Wildman–Crippen MR) is 137 cm³/mol. The van der Waals surface area contributed by atoms with E-state index in [0.29, 0.717) is 35.4 Å². The third-order valence-electron chi connectivity index (χ3n) is 6.41. The lowest BCUT2D eigenvalue weighted by molar-refractivity contribution is 0.0714. The molecule has 0 bridgehead atoms. The first-order valence-electron chi connectivity index (χ1n) is 11.7. The van der Waals surface area contributed by atoms with E-state index in [1.807, 2.05) is 81.4 Å². The monoisotopic (exact) mass is 465 g/mol. The number of fused-ring (bicyclic) bond motifs is 2. The second kappa shape index (κ2) is 8.91. The van der Waals surface area contributed by atoms with Crippen molar-refractivity contribution in [2.45, 2.75) is 33.4 Å². The van der Waals surface area contributed by atoms with Gasteiger partial charge in [0.15, 0.2) is 5.43 Å². The molecule has 0 fully saturated rings. The van der Waals surface area contributed by atoms with E-state index in [2.05, 4.69) is 6.58 Å². The van der Waals surface area contributed by atoms with Gasteiger partial charge in [-0.2, -0.15) is 0 Å². The van der Waals surface area contributed by atoms with Crippen molar-refractivity contribution >= 4 is 16.9 Å². The number of hydrogen-bond acceptors (Lipinski definition) is 4. The maximum atomic E-state index is 13.9. The minimum Gasteiger partial charge on any atom is -0.490 e. The number of hydrogen-bond donors (Lipinski definition) is 0. The highest BCUT2D eigenvalue weighted by atomic mass is 16.5. The van der Waals surface area contributed by atoms with E-state index in [4.69, 9.17) is 9.15 Å². The summed E-state index contributed by atoms with van der Waals surface area (Å²) in [5, 5.41) is 0.496. The van der Waals surface area contributed by atoms with Gasteiger partial charge in [0.25, 0.3) is 5.91 Å². The fourth-order valence-electron chi connectivity index (χ4n) is 4.80. The summed E-state index contributed by atoms with van der Waals surface area (Å²) in [7, 11) is 0. The van der Waals surface area contributed by atoms with E-state index in [1.54, 1.807) is 11.0 Å². The minimum atomic E-state index is -0.590. The number of amides is 1. The van der Waals surface area contributed by atoms with Crippen molar-refractivity contribution < 1.29 is 13.9 Å². The van der Waals surface area contributed by atoms with Gasteiger partial charge in [-0.3, -0.25) is 9.59 Å². The molecule has 5 rings (SSSR count). The van der Waals surface area contributed by atoms with Crippen LogP contribution < -0.4 is 10.2 Å². The van der Waals surface area contributed by atoms with E-state index in [9.17, 15) is 9.59 Å². The van der Waals surface area contributed by atoms with Gasteiger partial charge in [0, 0.05) is 6.54 Å². The molecule has 4 aromatic rings. The molecule has 176 valence electrons. The Morgan fingerprint density at radius 1 is 1.00 bits per heavy atom. The van der Waals surface area contributed by atoms with Crippen molar-refractivity contribution in [3.8, 4) is 5.75 Å². The topological polar surface area (TPSA) is 59.8 Å². The Balaban J connectivity index is 1.71. The maximum Gasteiger partial charge on any atom is 0.291 e. The van der Waals surface area contributed by atoms with Gasteiger partial charge in [-0.1, -0.05) is 60.7 Å². The van der Waals surface area contributed by atoms with Gasteiger partial charge in [0.2, 0.25) is 5.76 Å². The highest BCUT2D eigenvalue weighted by Gasteiger charge is 2.43. The van der Waals surface area contributed by atoms with Crippen molar-refractivity contribution in [1.29, 1.82) is 0 Å². The molecule has 1 atom stereocenters. The number of carbonyl (C=O) groups excluding carboxylic acids is 1. The van der Waals surface area contributed by atoms with Gasteiger partial charge in [-0.05, 0) is 61.2 Å². The average molecular weight is 466 g/mol. The molecule has 0 radical (unpaired) electrons. The van der Waals surface area contributed by atoms with E-state index in [1.165, 1.54) is 0 Å². The molecule has 3 aromatic carbocycles. The average Bonchev–Trinajstić information content (AvgIpc) is 3.12. The van der Waals surface area contributed by atoms with Crippen LogP contribution in [0.4, 0.5) is 0 Å². The molecule has 0 saturated carbocycles. The second-order valence-electron chi connectivity index (χ2n) is 9.13. The van der Waals surface area contributed by atoms with Crippen molar-refractivity contribution in [2.24, 2.45) is 0 Å². The summed E-state index contributed by atoms with van der Waals surface area (Å²) in [6, 6.07) is 18.8. The van der Waals surface area contributed by atoms with Crippen LogP contribution in [0.1, 0.15) is 50.0 Å². The highest BCUT2D eigenvalue weighted by Crippen LogP contribution is 2.40. The molecule has 1 aliphatic rings. The number of aryl methyl sites for hydroxylation is 3. The maximum absolute atomic E-state index is 13.9. The number of rotatable bonds is 6. The molecule has 2 heterocycles. The Labute approximate surface area is 204 Å². The zero-order chi connectivity index (χ0) is 24.7. The van der Waals surface area contributed by atoms with Gasteiger partial charge < -0.3 is 14.1 Å². The van der Waals surface area contributed by atoms with Gasteiger partial charge in [-0.25, -0.2) is 0 Å². The van der Waals surface area contributed by atoms with E-state index >= 15 is 0 Å². The second-order valence-corrected chi connectivity index (χ2v) is 9.13. The van der Waals surface area contributed by atoms with Crippen LogP contribution in [-0.4, -0.2) is 17.4 Å². The molecule has 0 spiro atoms. The van der Waals surface area contributed by atoms with Crippen molar-refractivity contribution in [3.63, 3.8) is 0 Å². The van der Waals surface area contributed by atoms with Gasteiger partial charge in [0.1, 0.15) is 17.9 Å².